The van der Waals surface area contributed by atoms with Crippen LogP contribution in [0.5, 0.6) is 0 Å². The number of fused-ring (bicyclic) bond motifs is 1. The summed E-state index contributed by atoms with van der Waals surface area (Å²) >= 11 is 0. The third-order valence-electron chi connectivity index (χ3n) is 4.82. The van der Waals surface area contributed by atoms with Gasteiger partial charge in [-0.3, -0.25) is 4.98 Å². The summed E-state index contributed by atoms with van der Waals surface area (Å²) in [5.74, 6) is 3.98. The number of rotatable bonds is 5. The van der Waals surface area contributed by atoms with Gasteiger partial charge in [0.25, 0.3) is 0 Å². The Balaban J connectivity index is 1.23. The van der Waals surface area contributed by atoms with Gasteiger partial charge in [-0.2, -0.15) is 4.52 Å². The fraction of sp³-hybridized carbons (Fsp3) is 0.471. The van der Waals surface area contributed by atoms with Crippen molar-refractivity contribution in [2.75, 3.05) is 29.9 Å². The summed E-state index contributed by atoms with van der Waals surface area (Å²) in [7, 11) is 0. The molecule has 2 fully saturated rings. The van der Waals surface area contributed by atoms with Crippen molar-refractivity contribution in [3.8, 4) is 0 Å². The van der Waals surface area contributed by atoms with E-state index in [4.69, 9.17) is 5.10 Å². The van der Waals surface area contributed by atoms with Gasteiger partial charge < -0.3 is 10.2 Å². The second-order valence-electron chi connectivity index (χ2n) is 6.99. The minimum Gasteiger partial charge on any atom is -0.368 e. The summed E-state index contributed by atoms with van der Waals surface area (Å²) in [4.78, 5) is 10.9. The van der Waals surface area contributed by atoms with E-state index in [9.17, 15) is 0 Å². The summed E-state index contributed by atoms with van der Waals surface area (Å²) in [5, 5.41) is 16.6. The van der Waals surface area contributed by atoms with E-state index >= 15 is 0 Å². The lowest BCUT2D eigenvalue weighted by Crippen LogP contribution is -2.50. The van der Waals surface area contributed by atoms with Crippen molar-refractivity contribution in [3.63, 3.8) is 0 Å². The van der Waals surface area contributed by atoms with Gasteiger partial charge in [0.15, 0.2) is 11.5 Å². The number of nitrogens with one attached hydrogen (secondary N) is 1. The number of hydrogen-bond donors (Lipinski definition) is 1. The molecule has 5 rings (SSSR count). The third kappa shape index (κ3) is 2.77. The molecule has 0 aromatic carbocycles. The summed E-state index contributed by atoms with van der Waals surface area (Å²) in [5.41, 5.74) is 1.76. The Labute approximate surface area is 145 Å². The number of hydrogen-bond acceptors (Lipinski definition) is 7. The Bertz CT molecular complexity index is 910. The topological polar surface area (TPSA) is 84.1 Å². The highest BCUT2D eigenvalue weighted by molar-refractivity contribution is 5.48. The van der Waals surface area contributed by atoms with Crippen LogP contribution in [0.15, 0.2) is 24.5 Å². The van der Waals surface area contributed by atoms with Crippen molar-refractivity contribution in [2.24, 2.45) is 5.92 Å². The molecule has 8 nitrogen and oxygen atoms in total. The monoisotopic (exact) mass is 336 g/mol. The Kier molecular flexibility index (Phi) is 3.29. The first kappa shape index (κ1) is 14.6. The second-order valence-corrected chi connectivity index (χ2v) is 6.99. The zero-order chi connectivity index (χ0) is 16.8. The zero-order valence-electron chi connectivity index (χ0n) is 14.1. The van der Waals surface area contributed by atoms with Crippen LogP contribution in [0.2, 0.25) is 0 Å². The Hall–Kier alpha value is -2.77. The van der Waals surface area contributed by atoms with Crippen LogP contribution in [-0.4, -0.2) is 49.4 Å². The van der Waals surface area contributed by atoms with E-state index < -0.39 is 0 Å². The standard InChI is InChI=1S/C17H20N8/c1-11-6-18-8-14(20-11)19-7-12-9-24(10-12)16-5-4-15-21-22-17(13-2-3-13)25(15)23-16/h4-6,8,12-13H,2-3,7,9-10H2,1H3,(H,19,20). The zero-order valence-corrected chi connectivity index (χ0v) is 14.1. The maximum atomic E-state index is 4.76. The Morgan fingerprint density at radius 2 is 2.04 bits per heavy atom. The molecule has 0 unspecified atom stereocenters. The maximum absolute atomic E-state index is 4.76. The Morgan fingerprint density at radius 3 is 2.84 bits per heavy atom. The van der Waals surface area contributed by atoms with Gasteiger partial charge in [0.1, 0.15) is 11.6 Å². The molecule has 4 heterocycles. The number of aromatic nitrogens is 6. The highest BCUT2D eigenvalue weighted by atomic mass is 15.4. The van der Waals surface area contributed by atoms with Crippen LogP contribution < -0.4 is 10.2 Å². The minimum atomic E-state index is 0.543. The van der Waals surface area contributed by atoms with Gasteiger partial charge in [-0.05, 0) is 31.9 Å². The first-order chi connectivity index (χ1) is 12.3. The fourth-order valence-electron chi connectivity index (χ4n) is 3.24. The summed E-state index contributed by atoms with van der Waals surface area (Å²) in [6.07, 6.45) is 5.93. The van der Waals surface area contributed by atoms with E-state index in [2.05, 4.69) is 30.4 Å². The van der Waals surface area contributed by atoms with Crippen molar-refractivity contribution < 1.29 is 0 Å². The van der Waals surface area contributed by atoms with Gasteiger partial charge in [0.05, 0.1) is 11.9 Å². The molecular formula is C17H20N8. The molecule has 1 aliphatic carbocycles. The predicted octanol–water partition coefficient (Wildman–Crippen LogP) is 1.65. The van der Waals surface area contributed by atoms with Crippen molar-refractivity contribution in [1.29, 1.82) is 0 Å². The average molecular weight is 336 g/mol. The quantitative estimate of drug-likeness (QED) is 0.758. The normalized spacial score (nSPS) is 17.7. The molecule has 0 atom stereocenters. The maximum Gasteiger partial charge on any atom is 0.178 e. The average Bonchev–Trinajstić information content (AvgIpc) is 3.33. The number of anilines is 2. The highest BCUT2D eigenvalue weighted by Crippen LogP contribution is 2.38. The number of aryl methyl sites for hydroxylation is 1. The molecule has 0 radical (unpaired) electrons. The van der Waals surface area contributed by atoms with Gasteiger partial charge in [-0.1, -0.05) is 0 Å². The molecule has 3 aromatic rings. The third-order valence-corrected chi connectivity index (χ3v) is 4.82. The van der Waals surface area contributed by atoms with Crippen LogP contribution in [0, 0.1) is 12.8 Å². The molecule has 1 saturated heterocycles. The lowest BCUT2D eigenvalue weighted by molar-refractivity contribution is 0.424. The lowest BCUT2D eigenvalue weighted by Gasteiger charge is -2.40. The molecule has 3 aromatic heterocycles. The summed E-state index contributed by atoms with van der Waals surface area (Å²) in [6.45, 7) is 4.83. The fourth-order valence-corrected chi connectivity index (χ4v) is 3.24. The van der Waals surface area contributed by atoms with Gasteiger partial charge >= 0.3 is 0 Å². The van der Waals surface area contributed by atoms with E-state index in [0.29, 0.717) is 11.8 Å². The molecule has 2 aliphatic rings. The minimum absolute atomic E-state index is 0.543. The second kappa shape index (κ2) is 5.65. The molecule has 8 heteroatoms. The van der Waals surface area contributed by atoms with Gasteiger partial charge in [-0.25, -0.2) is 4.98 Å². The van der Waals surface area contributed by atoms with Crippen molar-refractivity contribution in [3.05, 3.63) is 36.0 Å². The molecule has 1 aliphatic heterocycles. The largest absolute Gasteiger partial charge is 0.368 e. The molecule has 1 saturated carbocycles. The van der Waals surface area contributed by atoms with E-state index in [-0.39, 0.29) is 0 Å². The SMILES string of the molecule is Cc1cncc(NCC2CN(c3ccc4nnc(C5CC5)n4n3)C2)n1. The van der Waals surface area contributed by atoms with Crippen molar-refractivity contribution in [1.82, 2.24) is 29.8 Å². The molecule has 0 bridgehead atoms. The van der Waals surface area contributed by atoms with Crippen molar-refractivity contribution in [2.45, 2.75) is 25.7 Å². The van der Waals surface area contributed by atoms with E-state index in [1.807, 2.05) is 23.6 Å². The summed E-state index contributed by atoms with van der Waals surface area (Å²) in [6, 6.07) is 4.05. The van der Waals surface area contributed by atoms with Crippen LogP contribution in [0.4, 0.5) is 11.6 Å². The van der Waals surface area contributed by atoms with Crippen LogP contribution >= 0.6 is 0 Å². The highest BCUT2D eigenvalue weighted by Gasteiger charge is 2.31. The lowest BCUT2D eigenvalue weighted by atomic mass is 10.0. The smallest absolute Gasteiger partial charge is 0.178 e. The van der Waals surface area contributed by atoms with Crippen LogP contribution in [0.3, 0.4) is 0 Å². The van der Waals surface area contributed by atoms with Crippen molar-refractivity contribution >= 4 is 17.3 Å². The molecule has 128 valence electrons. The van der Waals surface area contributed by atoms with Gasteiger partial charge in [0, 0.05) is 37.7 Å². The molecule has 25 heavy (non-hydrogen) atoms. The first-order valence-corrected chi connectivity index (χ1v) is 8.76. The van der Waals surface area contributed by atoms with Crippen LogP contribution in [-0.2, 0) is 0 Å². The predicted molar refractivity (Wildman–Crippen MR) is 93.7 cm³/mol. The van der Waals surface area contributed by atoms with E-state index in [0.717, 1.165) is 48.4 Å². The van der Waals surface area contributed by atoms with E-state index in [1.54, 1.807) is 12.4 Å². The molecule has 0 amide bonds. The van der Waals surface area contributed by atoms with Crippen LogP contribution in [0.25, 0.3) is 5.65 Å². The molecule has 1 N–H and O–H groups in total. The van der Waals surface area contributed by atoms with E-state index in [1.165, 1.54) is 12.8 Å². The van der Waals surface area contributed by atoms with Gasteiger partial charge in [-0.15, -0.1) is 15.3 Å². The van der Waals surface area contributed by atoms with Crippen LogP contribution in [0.1, 0.15) is 30.3 Å². The summed E-state index contributed by atoms with van der Waals surface area (Å²) < 4.78 is 1.92. The van der Waals surface area contributed by atoms with Gasteiger partial charge in [0.2, 0.25) is 0 Å². The number of nitrogens with zero attached hydrogens (tertiary/aromatic N) is 7. The first-order valence-electron chi connectivity index (χ1n) is 8.76. The Morgan fingerprint density at radius 1 is 1.16 bits per heavy atom. The molecular weight excluding hydrogens is 316 g/mol. The molecule has 0 spiro atoms.